The number of rotatable bonds is 7. The van der Waals surface area contributed by atoms with Crippen LogP contribution in [-0.4, -0.2) is 35.4 Å². The summed E-state index contributed by atoms with van der Waals surface area (Å²) in [4.78, 5) is 30.1. The Morgan fingerprint density at radius 3 is 2.62 bits per heavy atom. The molecular formula is C22H23N3O3S. The van der Waals surface area contributed by atoms with Crippen molar-refractivity contribution >= 4 is 28.8 Å². The molecule has 1 heterocycles. The van der Waals surface area contributed by atoms with E-state index in [1.54, 1.807) is 17.3 Å². The lowest BCUT2D eigenvalue weighted by Crippen LogP contribution is -2.23. The molecule has 0 aliphatic heterocycles. The van der Waals surface area contributed by atoms with Crippen molar-refractivity contribution in [3.05, 3.63) is 65.2 Å². The molecule has 0 unspecified atom stereocenters. The largest absolute Gasteiger partial charge is 0.494 e. The monoisotopic (exact) mass is 409 g/mol. The van der Waals surface area contributed by atoms with E-state index in [1.807, 2.05) is 55.5 Å². The number of nitrogens with zero attached hydrogens (tertiary/aromatic N) is 2. The molecule has 2 aromatic carbocycles. The maximum atomic E-state index is 12.6. The van der Waals surface area contributed by atoms with Gasteiger partial charge in [0, 0.05) is 37.1 Å². The summed E-state index contributed by atoms with van der Waals surface area (Å²) in [5.41, 5.74) is 2.91. The lowest BCUT2D eigenvalue weighted by atomic mass is 10.2. The Hall–Kier alpha value is -3.19. The van der Waals surface area contributed by atoms with Crippen LogP contribution in [0.2, 0.25) is 0 Å². The molecule has 0 aliphatic rings. The van der Waals surface area contributed by atoms with Crippen molar-refractivity contribution in [3.63, 3.8) is 0 Å². The van der Waals surface area contributed by atoms with E-state index in [0.717, 1.165) is 21.9 Å². The minimum atomic E-state index is -0.268. The molecule has 0 aliphatic carbocycles. The molecule has 150 valence electrons. The third-order valence-electron chi connectivity index (χ3n) is 4.29. The van der Waals surface area contributed by atoms with Gasteiger partial charge in [-0.15, -0.1) is 11.3 Å². The summed E-state index contributed by atoms with van der Waals surface area (Å²) in [5, 5.41) is 5.39. The van der Waals surface area contributed by atoms with Crippen LogP contribution >= 0.6 is 11.3 Å². The van der Waals surface area contributed by atoms with Crippen LogP contribution in [0.15, 0.2) is 53.9 Å². The highest BCUT2D eigenvalue weighted by atomic mass is 32.1. The molecule has 1 N–H and O–H groups in total. The Balaban J connectivity index is 1.68. The number of benzene rings is 2. The predicted molar refractivity (Wildman–Crippen MR) is 115 cm³/mol. The first-order chi connectivity index (χ1) is 14.0. The molecule has 0 radical (unpaired) electrons. The summed E-state index contributed by atoms with van der Waals surface area (Å²) in [5.74, 6) is 0.528. The molecule has 7 heteroatoms. The van der Waals surface area contributed by atoms with Gasteiger partial charge in [0.05, 0.1) is 6.61 Å². The lowest BCUT2D eigenvalue weighted by Gasteiger charge is -2.15. The molecule has 6 nitrogen and oxygen atoms in total. The van der Waals surface area contributed by atoms with E-state index < -0.39 is 0 Å². The Morgan fingerprint density at radius 1 is 1.17 bits per heavy atom. The van der Waals surface area contributed by atoms with E-state index in [4.69, 9.17) is 4.74 Å². The van der Waals surface area contributed by atoms with Gasteiger partial charge in [-0.1, -0.05) is 12.1 Å². The van der Waals surface area contributed by atoms with Gasteiger partial charge in [-0.3, -0.25) is 9.59 Å². The number of anilines is 1. The van der Waals surface area contributed by atoms with Crippen LogP contribution in [0.25, 0.3) is 10.6 Å². The Bertz CT molecular complexity index is 999. The van der Waals surface area contributed by atoms with E-state index in [9.17, 15) is 9.59 Å². The summed E-state index contributed by atoms with van der Waals surface area (Å²) < 4.78 is 5.45. The van der Waals surface area contributed by atoms with Crippen molar-refractivity contribution < 1.29 is 14.3 Å². The molecule has 0 atom stereocenters. The average molecular weight is 410 g/mol. The lowest BCUT2D eigenvalue weighted by molar-refractivity contribution is -0.128. The fraction of sp³-hybridized carbons (Fsp3) is 0.227. The van der Waals surface area contributed by atoms with Crippen LogP contribution in [0.1, 0.15) is 29.9 Å². The second-order valence-corrected chi connectivity index (χ2v) is 7.38. The van der Waals surface area contributed by atoms with Crippen LogP contribution in [0.3, 0.4) is 0 Å². The highest BCUT2D eigenvalue weighted by Crippen LogP contribution is 2.26. The smallest absolute Gasteiger partial charge is 0.275 e. The van der Waals surface area contributed by atoms with Gasteiger partial charge in [0.15, 0.2) is 0 Å². The zero-order chi connectivity index (χ0) is 20.8. The Kier molecular flexibility index (Phi) is 6.61. The van der Waals surface area contributed by atoms with Gasteiger partial charge in [-0.2, -0.15) is 0 Å². The van der Waals surface area contributed by atoms with Crippen molar-refractivity contribution in [2.75, 3.05) is 19.0 Å². The van der Waals surface area contributed by atoms with Crippen molar-refractivity contribution in [1.29, 1.82) is 0 Å². The fourth-order valence-electron chi connectivity index (χ4n) is 2.70. The van der Waals surface area contributed by atoms with Gasteiger partial charge in [-0.25, -0.2) is 4.98 Å². The summed E-state index contributed by atoms with van der Waals surface area (Å²) in [6.07, 6.45) is 0. The summed E-state index contributed by atoms with van der Waals surface area (Å²) in [6, 6.07) is 15.1. The van der Waals surface area contributed by atoms with Crippen LogP contribution in [0, 0.1) is 0 Å². The van der Waals surface area contributed by atoms with Crippen molar-refractivity contribution in [1.82, 2.24) is 9.88 Å². The second kappa shape index (κ2) is 9.34. The molecule has 1 aromatic heterocycles. The molecule has 3 rings (SSSR count). The first kappa shape index (κ1) is 20.5. The van der Waals surface area contributed by atoms with Gasteiger partial charge in [0.2, 0.25) is 5.91 Å². The van der Waals surface area contributed by atoms with Crippen molar-refractivity contribution in [2.45, 2.75) is 20.4 Å². The number of ether oxygens (including phenoxy) is 1. The van der Waals surface area contributed by atoms with Gasteiger partial charge >= 0.3 is 0 Å². The van der Waals surface area contributed by atoms with Crippen LogP contribution < -0.4 is 10.1 Å². The van der Waals surface area contributed by atoms with E-state index in [2.05, 4.69) is 10.3 Å². The molecule has 0 saturated carbocycles. The number of hydrogen-bond donors (Lipinski definition) is 1. The standard InChI is InChI=1S/C22H23N3O3S/c1-4-28-19-10-8-17(9-11-19)22-24-20(14-29-22)21(27)23-18-7-5-6-16(12-18)13-25(3)15(2)26/h5-12,14H,4,13H2,1-3H3,(H,23,27). The number of aromatic nitrogens is 1. The highest BCUT2D eigenvalue weighted by Gasteiger charge is 2.13. The van der Waals surface area contributed by atoms with Gasteiger partial charge in [0.1, 0.15) is 16.5 Å². The predicted octanol–water partition coefficient (Wildman–Crippen LogP) is 4.44. The molecule has 0 bridgehead atoms. The fourth-order valence-corrected chi connectivity index (χ4v) is 3.51. The van der Waals surface area contributed by atoms with Crippen LogP contribution in [-0.2, 0) is 11.3 Å². The first-order valence-electron chi connectivity index (χ1n) is 9.27. The zero-order valence-corrected chi connectivity index (χ0v) is 17.5. The van der Waals surface area contributed by atoms with Crippen LogP contribution in [0.5, 0.6) is 5.75 Å². The SMILES string of the molecule is CCOc1ccc(-c2nc(C(=O)Nc3cccc(CN(C)C(C)=O)c3)cs2)cc1. The maximum Gasteiger partial charge on any atom is 0.275 e. The topological polar surface area (TPSA) is 71.5 Å². The second-order valence-electron chi connectivity index (χ2n) is 6.52. The van der Waals surface area contributed by atoms with Crippen LogP contribution in [0.4, 0.5) is 5.69 Å². The number of hydrogen-bond acceptors (Lipinski definition) is 5. The van der Waals surface area contributed by atoms with Gasteiger partial charge < -0.3 is 15.0 Å². The summed E-state index contributed by atoms with van der Waals surface area (Å²) in [7, 11) is 1.74. The summed E-state index contributed by atoms with van der Waals surface area (Å²) in [6.45, 7) is 4.57. The van der Waals surface area contributed by atoms with Crippen molar-refractivity contribution in [3.8, 4) is 16.3 Å². The number of carbonyl (C=O) groups excluding carboxylic acids is 2. The third kappa shape index (κ3) is 5.42. The van der Waals surface area contributed by atoms with Crippen molar-refractivity contribution in [2.24, 2.45) is 0 Å². The molecule has 0 saturated heterocycles. The third-order valence-corrected chi connectivity index (χ3v) is 5.18. The van der Waals surface area contributed by atoms with Gasteiger partial charge in [0.25, 0.3) is 5.91 Å². The summed E-state index contributed by atoms with van der Waals surface area (Å²) >= 11 is 1.42. The molecular weight excluding hydrogens is 386 g/mol. The molecule has 0 spiro atoms. The average Bonchev–Trinajstić information content (AvgIpc) is 3.19. The van der Waals surface area contributed by atoms with E-state index in [0.29, 0.717) is 24.5 Å². The van der Waals surface area contributed by atoms with E-state index in [1.165, 1.54) is 18.3 Å². The molecule has 3 aromatic rings. The quantitative estimate of drug-likeness (QED) is 0.626. The van der Waals surface area contributed by atoms with E-state index in [-0.39, 0.29) is 11.8 Å². The number of carbonyl (C=O) groups is 2. The normalized spacial score (nSPS) is 10.4. The highest BCUT2D eigenvalue weighted by molar-refractivity contribution is 7.13. The number of amides is 2. The van der Waals surface area contributed by atoms with Gasteiger partial charge in [-0.05, 0) is 48.9 Å². The zero-order valence-electron chi connectivity index (χ0n) is 16.6. The Morgan fingerprint density at radius 2 is 1.93 bits per heavy atom. The molecule has 2 amide bonds. The molecule has 29 heavy (non-hydrogen) atoms. The minimum absolute atomic E-state index is 0.0104. The number of nitrogens with one attached hydrogen (secondary N) is 1. The Labute approximate surface area is 174 Å². The number of thiazole rings is 1. The van der Waals surface area contributed by atoms with E-state index >= 15 is 0 Å². The first-order valence-corrected chi connectivity index (χ1v) is 10.1. The maximum absolute atomic E-state index is 12.6. The minimum Gasteiger partial charge on any atom is -0.494 e. The molecule has 0 fully saturated rings.